The van der Waals surface area contributed by atoms with Crippen LogP contribution in [0.4, 0.5) is 20.2 Å². The lowest BCUT2D eigenvalue weighted by molar-refractivity contribution is -0.114. The highest BCUT2D eigenvalue weighted by Gasteiger charge is 2.22. The van der Waals surface area contributed by atoms with Crippen molar-refractivity contribution in [3.63, 3.8) is 0 Å². The summed E-state index contributed by atoms with van der Waals surface area (Å²) in [6.07, 6.45) is 0.859. The summed E-state index contributed by atoms with van der Waals surface area (Å²) < 4.78 is 51.6. The molecule has 134 valence electrons. The molecule has 2 aromatic rings. The lowest BCUT2D eigenvalue weighted by Gasteiger charge is -2.22. The summed E-state index contributed by atoms with van der Waals surface area (Å²) in [4.78, 5) is 12.2. The standard InChI is InChI=1S/C15H12BrClF2N2O3S/c1-25(23,24)21(10-3-5-13(18)14(19)7-10)8-15(22)20-9-2-4-11(16)12(17)6-9/h2-7H,8H2,1H3,(H,20,22). The first kappa shape index (κ1) is 19.6. The molecule has 0 aromatic heterocycles. The number of benzene rings is 2. The highest BCUT2D eigenvalue weighted by molar-refractivity contribution is 9.10. The van der Waals surface area contributed by atoms with Crippen molar-refractivity contribution >= 4 is 54.8 Å². The van der Waals surface area contributed by atoms with Gasteiger partial charge < -0.3 is 5.32 Å². The van der Waals surface area contributed by atoms with Crippen molar-refractivity contribution in [2.45, 2.75) is 0 Å². The first-order valence-corrected chi connectivity index (χ1v) is 9.77. The molecule has 0 spiro atoms. The topological polar surface area (TPSA) is 66.5 Å². The van der Waals surface area contributed by atoms with Gasteiger partial charge in [-0.3, -0.25) is 9.10 Å². The molecule has 0 unspecified atom stereocenters. The summed E-state index contributed by atoms with van der Waals surface area (Å²) >= 11 is 9.13. The van der Waals surface area contributed by atoms with E-state index in [2.05, 4.69) is 21.2 Å². The molecule has 0 fully saturated rings. The number of hydrogen-bond donors (Lipinski definition) is 1. The second-order valence-electron chi connectivity index (χ2n) is 5.05. The van der Waals surface area contributed by atoms with E-state index < -0.39 is 34.1 Å². The third-order valence-electron chi connectivity index (χ3n) is 3.08. The first-order valence-electron chi connectivity index (χ1n) is 6.75. The fourth-order valence-corrected chi connectivity index (χ4v) is 3.22. The summed E-state index contributed by atoms with van der Waals surface area (Å²) in [6.45, 7) is -0.614. The predicted octanol–water partition coefficient (Wildman–Crippen LogP) is 3.79. The van der Waals surface area contributed by atoms with Gasteiger partial charge in [0, 0.05) is 16.2 Å². The van der Waals surface area contributed by atoms with Crippen molar-refractivity contribution in [1.29, 1.82) is 0 Å². The van der Waals surface area contributed by atoms with Gasteiger partial charge in [-0.05, 0) is 46.3 Å². The predicted molar refractivity (Wildman–Crippen MR) is 96.3 cm³/mol. The maximum Gasteiger partial charge on any atom is 0.245 e. The van der Waals surface area contributed by atoms with E-state index in [0.29, 0.717) is 25.6 Å². The molecule has 0 heterocycles. The van der Waals surface area contributed by atoms with Gasteiger partial charge in [0.1, 0.15) is 6.54 Å². The van der Waals surface area contributed by atoms with Crippen LogP contribution >= 0.6 is 27.5 Å². The van der Waals surface area contributed by atoms with Crippen molar-refractivity contribution in [1.82, 2.24) is 0 Å². The van der Waals surface area contributed by atoms with Crippen LogP contribution < -0.4 is 9.62 Å². The van der Waals surface area contributed by atoms with Gasteiger partial charge in [-0.1, -0.05) is 11.6 Å². The van der Waals surface area contributed by atoms with Crippen LogP contribution in [0, 0.1) is 11.6 Å². The van der Waals surface area contributed by atoms with Crippen molar-refractivity contribution in [2.24, 2.45) is 0 Å². The van der Waals surface area contributed by atoms with Gasteiger partial charge in [0.15, 0.2) is 11.6 Å². The molecule has 0 aliphatic heterocycles. The average Bonchev–Trinajstić information content (AvgIpc) is 2.50. The van der Waals surface area contributed by atoms with Crippen LogP contribution in [-0.2, 0) is 14.8 Å². The third kappa shape index (κ3) is 5.13. The minimum atomic E-state index is -3.90. The Morgan fingerprint density at radius 2 is 1.88 bits per heavy atom. The molecule has 0 atom stereocenters. The Labute approximate surface area is 156 Å². The lowest BCUT2D eigenvalue weighted by Crippen LogP contribution is -2.37. The van der Waals surface area contributed by atoms with E-state index in [0.717, 1.165) is 18.4 Å². The van der Waals surface area contributed by atoms with Crippen LogP contribution in [-0.4, -0.2) is 27.1 Å². The minimum absolute atomic E-state index is 0.162. The van der Waals surface area contributed by atoms with Gasteiger partial charge in [0.05, 0.1) is 17.0 Å². The zero-order valence-electron chi connectivity index (χ0n) is 12.8. The largest absolute Gasteiger partial charge is 0.324 e. The van der Waals surface area contributed by atoms with Crippen LogP contribution in [0.1, 0.15) is 0 Å². The van der Waals surface area contributed by atoms with Crippen LogP contribution in [0.2, 0.25) is 5.02 Å². The van der Waals surface area contributed by atoms with E-state index in [1.54, 1.807) is 12.1 Å². The summed E-state index contributed by atoms with van der Waals surface area (Å²) in [7, 11) is -3.90. The molecule has 0 bridgehead atoms. The van der Waals surface area contributed by atoms with E-state index >= 15 is 0 Å². The highest BCUT2D eigenvalue weighted by atomic mass is 79.9. The molecule has 10 heteroatoms. The molecule has 25 heavy (non-hydrogen) atoms. The zero-order chi connectivity index (χ0) is 18.8. The summed E-state index contributed by atoms with van der Waals surface area (Å²) in [5, 5.41) is 2.85. The second kappa shape index (κ2) is 7.67. The van der Waals surface area contributed by atoms with Gasteiger partial charge in [0.25, 0.3) is 0 Å². The quantitative estimate of drug-likeness (QED) is 0.749. The molecule has 0 radical (unpaired) electrons. The van der Waals surface area contributed by atoms with Crippen molar-refractivity contribution in [2.75, 3.05) is 22.4 Å². The van der Waals surface area contributed by atoms with E-state index in [-0.39, 0.29) is 5.69 Å². The number of carbonyl (C=O) groups is 1. The number of rotatable bonds is 5. The Morgan fingerprint density at radius 1 is 1.20 bits per heavy atom. The number of hydrogen-bond acceptors (Lipinski definition) is 3. The Morgan fingerprint density at radius 3 is 2.44 bits per heavy atom. The number of nitrogens with zero attached hydrogens (tertiary/aromatic N) is 1. The van der Waals surface area contributed by atoms with Gasteiger partial charge in [-0.2, -0.15) is 0 Å². The molecule has 1 amide bonds. The molecule has 0 saturated carbocycles. The molecule has 0 aliphatic rings. The number of amides is 1. The van der Waals surface area contributed by atoms with Crippen molar-refractivity contribution in [3.05, 3.63) is 57.5 Å². The minimum Gasteiger partial charge on any atom is -0.324 e. The fraction of sp³-hybridized carbons (Fsp3) is 0.133. The summed E-state index contributed by atoms with van der Waals surface area (Å²) in [6, 6.07) is 7.22. The maximum absolute atomic E-state index is 13.4. The Kier molecular flexibility index (Phi) is 6.02. The second-order valence-corrected chi connectivity index (χ2v) is 8.21. The van der Waals surface area contributed by atoms with Crippen LogP contribution in [0.15, 0.2) is 40.9 Å². The fourth-order valence-electron chi connectivity index (χ4n) is 1.95. The molecule has 0 saturated heterocycles. The van der Waals surface area contributed by atoms with Crippen LogP contribution in [0.3, 0.4) is 0 Å². The Balaban J connectivity index is 2.23. The van der Waals surface area contributed by atoms with Gasteiger partial charge in [-0.25, -0.2) is 17.2 Å². The molecule has 2 aromatic carbocycles. The summed E-state index contributed by atoms with van der Waals surface area (Å²) in [5.41, 5.74) is 0.197. The number of carbonyl (C=O) groups excluding carboxylic acids is 1. The third-order valence-corrected chi connectivity index (χ3v) is 5.46. The molecule has 0 aliphatic carbocycles. The first-order chi connectivity index (χ1) is 11.6. The van der Waals surface area contributed by atoms with E-state index in [1.807, 2.05) is 0 Å². The van der Waals surface area contributed by atoms with Gasteiger partial charge in [-0.15, -0.1) is 0 Å². The van der Waals surface area contributed by atoms with Crippen molar-refractivity contribution in [3.8, 4) is 0 Å². The number of anilines is 2. The number of nitrogens with one attached hydrogen (secondary N) is 1. The molecule has 2 rings (SSSR count). The monoisotopic (exact) mass is 452 g/mol. The normalized spacial score (nSPS) is 11.2. The molecule has 1 N–H and O–H groups in total. The van der Waals surface area contributed by atoms with Gasteiger partial charge in [0.2, 0.25) is 15.9 Å². The smallest absolute Gasteiger partial charge is 0.245 e. The molecule has 5 nitrogen and oxygen atoms in total. The van der Waals surface area contributed by atoms with Crippen molar-refractivity contribution < 1.29 is 22.0 Å². The van der Waals surface area contributed by atoms with E-state index in [9.17, 15) is 22.0 Å². The lowest BCUT2D eigenvalue weighted by atomic mass is 10.3. The van der Waals surface area contributed by atoms with Crippen LogP contribution in [0.25, 0.3) is 0 Å². The SMILES string of the molecule is CS(=O)(=O)N(CC(=O)Nc1ccc(Br)c(Cl)c1)c1ccc(F)c(F)c1. The maximum atomic E-state index is 13.4. The molecular weight excluding hydrogens is 442 g/mol. The highest BCUT2D eigenvalue weighted by Crippen LogP contribution is 2.26. The van der Waals surface area contributed by atoms with E-state index in [1.165, 1.54) is 6.07 Å². The zero-order valence-corrected chi connectivity index (χ0v) is 15.9. The number of sulfonamides is 1. The average molecular weight is 454 g/mol. The summed E-state index contributed by atoms with van der Waals surface area (Å²) in [5.74, 6) is -3.01. The molecular formula is C15H12BrClF2N2O3S. The number of halogens is 4. The van der Waals surface area contributed by atoms with E-state index in [4.69, 9.17) is 11.6 Å². The van der Waals surface area contributed by atoms with Gasteiger partial charge >= 0.3 is 0 Å². The van der Waals surface area contributed by atoms with Crippen LogP contribution in [0.5, 0.6) is 0 Å². The Hall–Kier alpha value is -1.71. The Bertz CT molecular complexity index is 925.